The molecule has 0 fully saturated rings. The molecule has 0 radical (unpaired) electrons. The molecule has 0 amide bonds. The molecule has 3 heteroatoms. The Morgan fingerprint density at radius 2 is 1.50 bits per heavy atom. The van der Waals surface area contributed by atoms with Crippen molar-refractivity contribution < 1.29 is 5.11 Å². The van der Waals surface area contributed by atoms with Gasteiger partial charge in [0.25, 0.3) is 0 Å². The Kier molecular flexibility index (Phi) is 5.40. The fraction of sp³-hybridized carbons (Fsp3) is 0.0769. The first kappa shape index (κ1) is 12.6. The van der Waals surface area contributed by atoms with Crippen molar-refractivity contribution in [3.05, 3.63) is 65.2 Å². The Morgan fingerprint density at radius 3 is 1.88 bits per heavy atom. The largest absolute Gasteiger partial charge is 0.508 e. The Labute approximate surface area is 100 Å². The van der Waals surface area contributed by atoms with E-state index in [1.165, 1.54) is 0 Å². The summed E-state index contributed by atoms with van der Waals surface area (Å²) in [7, 11) is 0. The lowest BCUT2D eigenvalue weighted by Crippen LogP contribution is -1.94. The maximum absolute atomic E-state index is 8.81. The number of rotatable bonds is 1. The zero-order chi connectivity index (χ0) is 11.8. The topological polar surface area (TPSA) is 46.2 Å². The van der Waals surface area contributed by atoms with Crippen LogP contribution in [0.4, 0.5) is 0 Å². The van der Waals surface area contributed by atoms with Gasteiger partial charge in [0.15, 0.2) is 0 Å². The van der Waals surface area contributed by atoms with E-state index in [1.54, 1.807) is 24.3 Å². The van der Waals surface area contributed by atoms with Gasteiger partial charge in [-0.3, -0.25) is 0 Å². The Bertz CT molecular complexity index is 400. The van der Waals surface area contributed by atoms with Crippen molar-refractivity contribution in [3.8, 4) is 5.75 Å². The molecule has 0 aliphatic rings. The van der Waals surface area contributed by atoms with Crippen LogP contribution in [0.3, 0.4) is 0 Å². The molecule has 0 saturated carbocycles. The summed E-state index contributed by atoms with van der Waals surface area (Å²) in [5, 5.41) is 9.61. The van der Waals surface area contributed by atoms with Crippen LogP contribution in [0.5, 0.6) is 5.75 Å². The summed E-state index contributed by atoms with van der Waals surface area (Å²) in [4.78, 5) is 0. The average molecular weight is 236 g/mol. The van der Waals surface area contributed by atoms with Crippen LogP contribution < -0.4 is 5.73 Å². The summed E-state index contributed by atoms with van der Waals surface area (Å²) in [6, 6.07) is 16.3. The molecule has 0 unspecified atom stereocenters. The molecule has 0 saturated heterocycles. The van der Waals surface area contributed by atoms with Crippen molar-refractivity contribution in [3.63, 3.8) is 0 Å². The van der Waals surface area contributed by atoms with Crippen LogP contribution in [0.15, 0.2) is 54.6 Å². The number of aromatic hydroxyl groups is 1. The minimum absolute atomic E-state index is 0.284. The minimum Gasteiger partial charge on any atom is -0.508 e. The number of phenolic OH excluding ortho intramolecular Hbond substituents is 1. The number of hydrogen-bond donors (Lipinski definition) is 2. The first-order valence-corrected chi connectivity index (χ1v) is 5.28. The number of halogens is 1. The fourth-order valence-corrected chi connectivity index (χ4v) is 1.19. The van der Waals surface area contributed by atoms with Crippen molar-refractivity contribution in [2.45, 2.75) is 6.54 Å². The third-order valence-corrected chi connectivity index (χ3v) is 2.16. The summed E-state index contributed by atoms with van der Waals surface area (Å²) in [6.07, 6.45) is 0. The molecule has 84 valence electrons. The molecule has 2 aromatic carbocycles. The summed E-state index contributed by atoms with van der Waals surface area (Å²) < 4.78 is 0. The molecule has 0 bridgehead atoms. The van der Waals surface area contributed by atoms with E-state index in [9.17, 15) is 0 Å². The monoisotopic (exact) mass is 235 g/mol. The van der Waals surface area contributed by atoms with Crippen LogP contribution in [0.25, 0.3) is 0 Å². The lowest BCUT2D eigenvalue weighted by Gasteiger charge is -1.93. The second-order valence-corrected chi connectivity index (χ2v) is 3.60. The Morgan fingerprint density at radius 1 is 0.938 bits per heavy atom. The van der Waals surface area contributed by atoms with Crippen LogP contribution in [0, 0.1) is 0 Å². The quantitative estimate of drug-likeness (QED) is 0.798. The molecule has 16 heavy (non-hydrogen) atoms. The molecule has 0 atom stereocenters. The fourth-order valence-electron chi connectivity index (χ4n) is 1.05. The van der Waals surface area contributed by atoms with Gasteiger partial charge >= 0.3 is 0 Å². The highest BCUT2D eigenvalue weighted by Crippen LogP contribution is 2.08. The highest BCUT2D eigenvalue weighted by molar-refractivity contribution is 6.30. The standard InChI is InChI=1S/C7H9NO.C6H5Cl/c8-5-6-1-3-7(9)4-2-6;7-6-4-2-1-3-5-6/h1-4,9H,5,8H2;1-5H. The van der Waals surface area contributed by atoms with E-state index in [0.29, 0.717) is 6.54 Å². The molecular weight excluding hydrogens is 222 g/mol. The molecule has 0 aliphatic heterocycles. The number of hydrogen-bond acceptors (Lipinski definition) is 2. The van der Waals surface area contributed by atoms with Gasteiger partial charge in [0.05, 0.1) is 0 Å². The van der Waals surface area contributed by atoms with Gasteiger partial charge in [-0.25, -0.2) is 0 Å². The number of nitrogens with two attached hydrogens (primary N) is 1. The van der Waals surface area contributed by atoms with Crippen LogP contribution in [0.1, 0.15) is 5.56 Å². The van der Waals surface area contributed by atoms with Gasteiger partial charge in [-0.1, -0.05) is 41.9 Å². The summed E-state index contributed by atoms with van der Waals surface area (Å²) >= 11 is 5.54. The van der Waals surface area contributed by atoms with E-state index >= 15 is 0 Å². The molecule has 3 N–H and O–H groups in total. The third-order valence-electron chi connectivity index (χ3n) is 1.91. The van der Waals surface area contributed by atoms with Gasteiger partial charge in [0.2, 0.25) is 0 Å². The van der Waals surface area contributed by atoms with Crippen molar-refractivity contribution in [2.75, 3.05) is 0 Å². The smallest absolute Gasteiger partial charge is 0.115 e. The van der Waals surface area contributed by atoms with Crippen molar-refractivity contribution in [1.82, 2.24) is 0 Å². The summed E-state index contributed by atoms with van der Waals surface area (Å²) in [5.41, 5.74) is 6.35. The SMILES string of the molecule is Clc1ccccc1.NCc1ccc(O)cc1. The van der Waals surface area contributed by atoms with Gasteiger partial charge < -0.3 is 10.8 Å². The van der Waals surface area contributed by atoms with E-state index in [2.05, 4.69) is 0 Å². The van der Waals surface area contributed by atoms with Gasteiger partial charge in [-0.15, -0.1) is 0 Å². The summed E-state index contributed by atoms with van der Waals surface area (Å²) in [6.45, 7) is 0.528. The lowest BCUT2D eigenvalue weighted by atomic mass is 10.2. The number of benzene rings is 2. The molecular formula is C13H14ClNO. The first-order chi connectivity index (χ1) is 7.72. The van der Waals surface area contributed by atoms with E-state index in [-0.39, 0.29) is 5.75 Å². The predicted molar refractivity (Wildman–Crippen MR) is 67.5 cm³/mol. The molecule has 2 nitrogen and oxygen atoms in total. The molecule has 2 rings (SSSR count). The second kappa shape index (κ2) is 6.88. The maximum Gasteiger partial charge on any atom is 0.115 e. The molecule has 0 heterocycles. The van der Waals surface area contributed by atoms with Crippen molar-refractivity contribution >= 4 is 11.6 Å². The predicted octanol–water partition coefficient (Wildman–Crippen LogP) is 3.19. The van der Waals surface area contributed by atoms with Crippen molar-refractivity contribution in [2.24, 2.45) is 5.73 Å². The first-order valence-electron chi connectivity index (χ1n) is 4.91. The number of phenols is 1. The van der Waals surface area contributed by atoms with Gasteiger partial charge in [0, 0.05) is 11.6 Å². The third kappa shape index (κ3) is 4.82. The van der Waals surface area contributed by atoms with E-state index in [0.717, 1.165) is 10.6 Å². The summed E-state index contributed by atoms with van der Waals surface area (Å²) in [5.74, 6) is 0.284. The molecule has 0 aromatic heterocycles. The van der Waals surface area contributed by atoms with E-state index in [4.69, 9.17) is 22.4 Å². The zero-order valence-electron chi connectivity index (χ0n) is 8.81. The van der Waals surface area contributed by atoms with Crippen LogP contribution in [-0.2, 0) is 6.54 Å². The van der Waals surface area contributed by atoms with Crippen LogP contribution >= 0.6 is 11.6 Å². The normalized spacial score (nSPS) is 9.12. The Hall–Kier alpha value is -1.51. The Balaban J connectivity index is 0.000000165. The van der Waals surface area contributed by atoms with Crippen molar-refractivity contribution in [1.29, 1.82) is 0 Å². The highest BCUT2D eigenvalue weighted by atomic mass is 35.5. The van der Waals surface area contributed by atoms with E-state index < -0.39 is 0 Å². The van der Waals surface area contributed by atoms with Crippen LogP contribution in [0.2, 0.25) is 5.02 Å². The molecule has 0 spiro atoms. The van der Waals surface area contributed by atoms with Gasteiger partial charge in [-0.2, -0.15) is 0 Å². The second-order valence-electron chi connectivity index (χ2n) is 3.17. The zero-order valence-corrected chi connectivity index (χ0v) is 9.56. The molecule has 0 aliphatic carbocycles. The maximum atomic E-state index is 8.81. The van der Waals surface area contributed by atoms with Crippen LogP contribution in [-0.4, -0.2) is 5.11 Å². The minimum atomic E-state index is 0.284. The van der Waals surface area contributed by atoms with Gasteiger partial charge in [-0.05, 0) is 29.8 Å². The average Bonchev–Trinajstić information content (AvgIpc) is 2.32. The van der Waals surface area contributed by atoms with E-state index in [1.807, 2.05) is 30.3 Å². The van der Waals surface area contributed by atoms with Gasteiger partial charge in [0.1, 0.15) is 5.75 Å². The molecule has 2 aromatic rings. The highest BCUT2D eigenvalue weighted by Gasteiger charge is 1.86. The lowest BCUT2D eigenvalue weighted by molar-refractivity contribution is 0.475.